The summed E-state index contributed by atoms with van der Waals surface area (Å²) in [4.78, 5) is 28.7. The van der Waals surface area contributed by atoms with Gasteiger partial charge >= 0.3 is 0 Å². The minimum absolute atomic E-state index is 0.0416. The Bertz CT molecular complexity index is 1450. The van der Waals surface area contributed by atoms with Gasteiger partial charge in [-0.25, -0.2) is 8.42 Å². The number of aryl methyl sites for hydroxylation is 2. The van der Waals surface area contributed by atoms with Gasteiger partial charge in [0.1, 0.15) is 12.6 Å². The lowest BCUT2D eigenvalue weighted by Gasteiger charge is -2.33. The molecule has 3 aromatic rings. The lowest BCUT2D eigenvalue weighted by atomic mass is 10.1. The van der Waals surface area contributed by atoms with E-state index in [-0.39, 0.29) is 17.3 Å². The molecule has 0 aliphatic carbocycles. The van der Waals surface area contributed by atoms with E-state index in [4.69, 9.17) is 23.2 Å². The fourth-order valence-electron chi connectivity index (χ4n) is 4.31. The van der Waals surface area contributed by atoms with Crippen LogP contribution in [0.2, 0.25) is 10.0 Å². The number of hydrogen-bond acceptors (Lipinski definition) is 4. The second-order valence-electron chi connectivity index (χ2n) is 9.60. The van der Waals surface area contributed by atoms with Gasteiger partial charge in [0.15, 0.2) is 0 Å². The molecule has 0 aliphatic heterocycles. The molecule has 2 amide bonds. The predicted molar refractivity (Wildman–Crippen MR) is 161 cm³/mol. The van der Waals surface area contributed by atoms with Crippen molar-refractivity contribution in [3.8, 4) is 0 Å². The second kappa shape index (κ2) is 14.0. The van der Waals surface area contributed by atoms with Gasteiger partial charge in [0.05, 0.1) is 20.6 Å². The van der Waals surface area contributed by atoms with E-state index < -0.39 is 28.5 Å². The molecule has 0 heterocycles. The Kier molecular flexibility index (Phi) is 11.0. The second-order valence-corrected chi connectivity index (χ2v) is 12.3. The Hall–Kier alpha value is -3.07. The molecule has 0 bridgehead atoms. The van der Waals surface area contributed by atoms with E-state index in [0.717, 1.165) is 16.3 Å². The summed E-state index contributed by atoms with van der Waals surface area (Å²) in [5, 5.41) is 3.55. The van der Waals surface area contributed by atoms with Crippen LogP contribution in [0.4, 0.5) is 5.69 Å². The maximum absolute atomic E-state index is 14.1. The van der Waals surface area contributed by atoms with Gasteiger partial charge in [-0.2, -0.15) is 0 Å². The number of hydrogen-bond donors (Lipinski definition) is 1. The third-order valence-electron chi connectivity index (χ3n) is 6.54. The first kappa shape index (κ1) is 31.5. The van der Waals surface area contributed by atoms with Crippen molar-refractivity contribution in [2.45, 2.75) is 58.0 Å². The molecule has 0 fully saturated rings. The fourth-order valence-corrected chi connectivity index (χ4v) is 6.11. The average Bonchev–Trinajstić information content (AvgIpc) is 2.93. The molecule has 3 aromatic carbocycles. The lowest BCUT2D eigenvalue weighted by molar-refractivity contribution is -0.140. The lowest BCUT2D eigenvalue weighted by Crippen LogP contribution is -2.52. The molecule has 40 heavy (non-hydrogen) atoms. The zero-order valence-electron chi connectivity index (χ0n) is 23.2. The molecule has 214 valence electrons. The number of anilines is 1. The highest BCUT2D eigenvalue weighted by atomic mass is 35.5. The van der Waals surface area contributed by atoms with Crippen LogP contribution in [-0.2, 0) is 26.2 Å². The first-order chi connectivity index (χ1) is 19.0. The van der Waals surface area contributed by atoms with Gasteiger partial charge in [-0.1, -0.05) is 79.0 Å². The highest BCUT2D eigenvalue weighted by Gasteiger charge is 2.34. The van der Waals surface area contributed by atoms with Gasteiger partial charge in [0.25, 0.3) is 10.0 Å². The standard InChI is InChI=1S/C30H35Cl2N3O4S/c1-5-17-33-30(37)27(6-2)34(19-23-13-16-25(31)26(32)18-23)29(36)20-35(28-10-8-7-9-22(28)4)40(38,39)24-14-11-21(3)12-15-24/h7-16,18,27H,5-6,17,19-20H2,1-4H3,(H,33,37)/t27-/m0/s1. The third kappa shape index (κ3) is 7.56. The Morgan fingerprint density at radius 3 is 2.20 bits per heavy atom. The Balaban J connectivity index is 2.07. The molecular formula is C30H35Cl2N3O4S. The number of carbonyl (C=O) groups is 2. The molecule has 10 heteroatoms. The van der Waals surface area contributed by atoms with Gasteiger partial charge < -0.3 is 10.2 Å². The number of para-hydroxylation sites is 1. The van der Waals surface area contributed by atoms with Gasteiger partial charge in [-0.15, -0.1) is 0 Å². The van der Waals surface area contributed by atoms with Crippen LogP contribution in [0.5, 0.6) is 0 Å². The van der Waals surface area contributed by atoms with Crippen molar-refractivity contribution in [2.24, 2.45) is 0 Å². The summed E-state index contributed by atoms with van der Waals surface area (Å²) < 4.78 is 29.0. The first-order valence-corrected chi connectivity index (χ1v) is 15.3. The third-order valence-corrected chi connectivity index (χ3v) is 9.06. The predicted octanol–water partition coefficient (Wildman–Crippen LogP) is 6.14. The highest BCUT2D eigenvalue weighted by Crippen LogP contribution is 2.28. The number of nitrogens with zero attached hydrogens (tertiary/aromatic N) is 2. The number of amides is 2. The molecule has 0 spiro atoms. The molecule has 0 radical (unpaired) electrons. The summed E-state index contributed by atoms with van der Waals surface area (Å²) in [6.07, 6.45) is 1.07. The van der Waals surface area contributed by atoms with Crippen LogP contribution in [0.1, 0.15) is 43.4 Å². The summed E-state index contributed by atoms with van der Waals surface area (Å²) >= 11 is 12.3. The molecule has 7 nitrogen and oxygen atoms in total. The SMILES string of the molecule is CCCNC(=O)[C@H](CC)N(Cc1ccc(Cl)c(Cl)c1)C(=O)CN(c1ccccc1C)S(=O)(=O)c1ccc(C)cc1. The number of sulfonamides is 1. The van der Waals surface area contributed by atoms with Gasteiger partial charge in [0, 0.05) is 13.1 Å². The highest BCUT2D eigenvalue weighted by molar-refractivity contribution is 7.92. The molecule has 0 aliphatic rings. The van der Waals surface area contributed by atoms with Crippen LogP contribution < -0.4 is 9.62 Å². The monoisotopic (exact) mass is 603 g/mol. The molecule has 0 saturated carbocycles. The summed E-state index contributed by atoms with van der Waals surface area (Å²) in [6.45, 7) is 7.41. The first-order valence-electron chi connectivity index (χ1n) is 13.2. The Labute approximate surface area is 247 Å². The van der Waals surface area contributed by atoms with Crippen molar-refractivity contribution in [1.29, 1.82) is 0 Å². The van der Waals surface area contributed by atoms with Crippen LogP contribution in [0.3, 0.4) is 0 Å². The molecule has 0 saturated heterocycles. The Morgan fingerprint density at radius 1 is 0.925 bits per heavy atom. The van der Waals surface area contributed by atoms with Crippen molar-refractivity contribution in [1.82, 2.24) is 10.2 Å². The Morgan fingerprint density at radius 2 is 1.60 bits per heavy atom. The minimum Gasteiger partial charge on any atom is -0.354 e. The molecule has 0 aromatic heterocycles. The normalized spacial score (nSPS) is 12.1. The van der Waals surface area contributed by atoms with E-state index in [0.29, 0.717) is 39.8 Å². The molecule has 0 unspecified atom stereocenters. The zero-order chi connectivity index (χ0) is 29.4. The smallest absolute Gasteiger partial charge is 0.264 e. The summed E-state index contributed by atoms with van der Waals surface area (Å²) in [5.41, 5.74) is 2.65. The van der Waals surface area contributed by atoms with Crippen LogP contribution in [-0.4, -0.2) is 44.3 Å². The summed E-state index contributed by atoms with van der Waals surface area (Å²) in [5.74, 6) is -0.829. The van der Waals surface area contributed by atoms with Gasteiger partial charge in [0.2, 0.25) is 11.8 Å². The zero-order valence-corrected chi connectivity index (χ0v) is 25.5. The summed E-state index contributed by atoms with van der Waals surface area (Å²) in [7, 11) is -4.13. The van der Waals surface area contributed by atoms with E-state index in [1.807, 2.05) is 20.8 Å². The molecule has 1 N–H and O–H groups in total. The maximum Gasteiger partial charge on any atom is 0.264 e. The van der Waals surface area contributed by atoms with Crippen LogP contribution in [0.25, 0.3) is 0 Å². The van der Waals surface area contributed by atoms with E-state index in [1.165, 1.54) is 17.0 Å². The van der Waals surface area contributed by atoms with Crippen LogP contribution in [0.15, 0.2) is 71.6 Å². The number of carbonyl (C=O) groups excluding carboxylic acids is 2. The number of nitrogens with one attached hydrogen (secondary N) is 1. The molecule has 1 atom stereocenters. The van der Waals surface area contributed by atoms with Crippen LogP contribution >= 0.6 is 23.2 Å². The molecule has 3 rings (SSSR count). The van der Waals surface area contributed by atoms with E-state index in [2.05, 4.69) is 5.32 Å². The largest absolute Gasteiger partial charge is 0.354 e. The van der Waals surface area contributed by atoms with Crippen molar-refractivity contribution in [2.75, 3.05) is 17.4 Å². The van der Waals surface area contributed by atoms with E-state index in [9.17, 15) is 18.0 Å². The van der Waals surface area contributed by atoms with Gasteiger partial charge in [-0.05, 0) is 68.1 Å². The minimum atomic E-state index is -4.13. The van der Waals surface area contributed by atoms with Crippen molar-refractivity contribution in [3.05, 3.63) is 93.5 Å². The molecular weight excluding hydrogens is 569 g/mol. The van der Waals surface area contributed by atoms with E-state index in [1.54, 1.807) is 61.5 Å². The quantitative estimate of drug-likeness (QED) is 0.269. The van der Waals surface area contributed by atoms with Gasteiger partial charge in [-0.3, -0.25) is 13.9 Å². The summed E-state index contributed by atoms with van der Waals surface area (Å²) in [6, 6.07) is 17.7. The fraction of sp³-hybridized carbons (Fsp3) is 0.333. The van der Waals surface area contributed by atoms with E-state index >= 15 is 0 Å². The van der Waals surface area contributed by atoms with Crippen molar-refractivity contribution < 1.29 is 18.0 Å². The van der Waals surface area contributed by atoms with Crippen molar-refractivity contribution in [3.63, 3.8) is 0 Å². The van der Waals surface area contributed by atoms with Crippen molar-refractivity contribution >= 4 is 50.7 Å². The average molecular weight is 605 g/mol. The number of rotatable bonds is 12. The number of halogens is 2. The number of benzene rings is 3. The van der Waals surface area contributed by atoms with Crippen LogP contribution in [0, 0.1) is 13.8 Å². The maximum atomic E-state index is 14.1. The topological polar surface area (TPSA) is 86.8 Å².